The number of benzene rings is 2. The van der Waals surface area contributed by atoms with Crippen molar-refractivity contribution in [3.63, 3.8) is 0 Å². The van der Waals surface area contributed by atoms with Gasteiger partial charge < -0.3 is 5.32 Å². The standard InChI is InChI=1S/C25H29ClN2O2/c26-22-8-4-18(5-9-22)17-28-14-12-23(13-15-28)27-25(30)11-10-24(29)21-7-6-19-2-1-3-20(19)16-21/h4-9,16,23H,1-3,10-15,17H2,(H,27,30). The second-order valence-corrected chi connectivity index (χ2v) is 8.94. The topological polar surface area (TPSA) is 49.4 Å². The fourth-order valence-corrected chi connectivity index (χ4v) is 4.63. The van der Waals surface area contributed by atoms with Gasteiger partial charge in [-0.05, 0) is 67.0 Å². The van der Waals surface area contributed by atoms with Crippen LogP contribution in [0, 0.1) is 0 Å². The van der Waals surface area contributed by atoms with E-state index in [1.54, 1.807) is 0 Å². The molecule has 0 saturated carbocycles. The molecule has 0 bridgehead atoms. The van der Waals surface area contributed by atoms with Gasteiger partial charge in [0.15, 0.2) is 5.78 Å². The first-order valence-corrected chi connectivity index (χ1v) is 11.4. The van der Waals surface area contributed by atoms with Crippen LogP contribution in [0.3, 0.4) is 0 Å². The van der Waals surface area contributed by atoms with E-state index in [-0.39, 0.29) is 30.6 Å². The molecule has 4 rings (SSSR count). The molecular formula is C25H29ClN2O2. The number of aryl methyl sites for hydroxylation is 2. The Labute approximate surface area is 183 Å². The van der Waals surface area contributed by atoms with Gasteiger partial charge in [-0.3, -0.25) is 14.5 Å². The molecule has 0 unspecified atom stereocenters. The summed E-state index contributed by atoms with van der Waals surface area (Å²) in [4.78, 5) is 27.2. The summed E-state index contributed by atoms with van der Waals surface area (Å²) in [6.07, 6.45) is 5.78. The highest BCUT2D eigenvalue weighted by atomic mass is 35.5. The molecule has 1 aliphatic heterocycles. The normalized spacial score (nSPS) is 17.0. The van der Waals surface area contributed by atoms with Crippen LogP contribution in [0.25, 0.3) is 0 Å². The first-order valence-electron chi connectivity index (χ1n) is 11.0. The predicted molar refractivity (Wildman–Crippen MR) is 120 cm³/mol. The molecule has 0 spiro atoms. The van der Waals surface area contributed by atoms with Crippen LogP contribution in [-0.2, 0) is 24.2 Å². The maximum absolute atomic E-state index is 12.5. The molecule has 1 heterocycles. The zero-order chi connectivity index (χ0) is 20.9. The number of nitrogens with one attached hydrogen (secondary N) is 1. The molecule has 1 amide bonds. The molecule has 5 heteroatoms. The second kappa shape index (κ2) is 9.76. The number of nitrogens with zero attached hydrogens (tertiary/aromatic N) is 1. The lowest BCUT2D eigenvalue weighted by Crippen LogP contribution is -2.44. The summed E-state index contributed by atoms with van der Waals surface area (Å²) in [5.74, 6) is 0.0540. The second-order valence-electron chi connectivity index (χ2n) is 8.50. The van der Waals surface area contributed by atoms with Crippen LogP contribution in [0.5, 0.6) is 0 Å². The summed E-state index contributed by atoms with van der Waals surface area (Å²) in [5.41, 5.74) is 4.67. The summed E-state index contributed by atoms with van der Waals surface area (Å²) in [7, 11) is 0. The highest BCUT2D eigenvalue weighted by Gasteiger charge is 2.21. The van der Waals surface area contributed by atoms with E-state index in [2.05, 4.69) is 28.4 Å². The number of hydrogen-bond acceptors (Lipinski definition) is 3. The Kier molecular flexibility index (Phi) is 6.86. The number of ketones is 1. The van der Waals surface area contributed by atoms with Gasteiger partial charge in [-0.15, -0.1) is 0 Å². The lowest BCUT2D eigenvalue weighted by atomic mass is 10.0. The highest BCUT2D eigenvalue weighted by molar-refractivity contribution is 6.30. The van der Waals surface area contributed by atoms with Crippen LogP contribution in [0.1, 0.15) is 59.2 Å². The quantitative estimate of drug-likeness (QED) is 0.662. The number of likely N-dealkylation sites (tertiary alicyclic amines) is 1. The summed E-state index contributed by atoms with van der Waals surface area (Å²) in [6.45, 7) is 2.83. The van der Waals surface area contributed by atoms with Crippen molar-refractivity contribution in [3.05, 3.63) is 69.7 Å². The summed E-state index contributed by atoms with van der Waals surface area (Å²) < 4.78 is 0. The van der Waals surface area contributed by atoms with E-state index in [1.165, 1.54) is 23.1 Å². The minimum Gasteiger partial charge on any atom is -0.353 e. The van der Waals surface area contributed by atoms with E-state index in [9.17, 15) is 9.59 Å². The summed E-state index contributed by atoms with van der Waals surface area (Å²) in [6, 6.07) is 14.2. The number of halogens is 1. The number of carbonyl (C=O) groups excluding carboxylic acids is 2. The van der Waals surface area contributed by atoms with E-state index in [1.807, 2.05) is 24.3 Å². The van der Waals surface area contributed by atoms with Gasteiger partial charge in [0.05, 0.1) is 0 Å². The molecule has 1 saturated heterocycles. The largest absolute Gasteiger partial charge is 0.353 e. The molecular weight excluding hydrogens is 396 g/mol. The van der Waals surface area contributed by atoms with E-state index >= 15 is 0 Å². The number of amides is 1. The van der Waals surface area contributed by atoms with Crippen molar-refractivity contribution in [1.29, 1.82) is 0 Å². The molecule has 1 fully saturated rings. The van der Waals surface area contributed by atoms with Crippen LogP contribution in [0.15, 0.2) is 42.5 Å². The summed E-state index contributed by atoms with van der Waals surface area (Å²) >= 11 is 5.95. The molecule has 4 nitrogen and oxygen atoms in total. The van der Waals surface area contributed by atoms with Gasteiger partial charge in [0.25, 0.3) is 0 Å². The molecule has 2 aromatic rings. The molecule has 30 heavy (non-hydrogen) atoms. The number of carbonyl (C=O) groups is 2. The molecule has 0 aromatic heterocycles. The Morgan fingerprint density at radius 2 is 1.70 bits per heavy atom. The maximum atomic E-state index is 12.5. The van der Waals surface area contributed by atoms with Crippen LogP contribution in [-0.4, -0.2) is 35.7 Å². The van der Waals surface area contributed by atoms with Gasteiger partial charge in [-0.1, -0.05) is 35.9 Å². The van der Waals surface area contributed by atoms with Crippen molar-refractivity contribution in [1.82, 2.24) is 10.2 Å². The lowest BCUT2D eigenvalue weighted by Gasteiger charge is -2.32. The van der Waals surface area contributed by atoms with Gasteiger partial charge in [0.2, 0.25) is 5.91 Å². The van der Waals surface area contributed by atoms with E-state index in [0.717, 1.165) is 55.9 Å². The molecule has 158 valence electrons. The van der Waals surface area contributed by atoms with Crippen molar-refractivity contribution in [2.45, 2.75) is 57.5 Å². The third-order valence-electron chi connectivity index (χ3n) is 6.27. The van der Waals surface area contributed by atoms with Crippen molar-refractivity contribution < 1.29 is 9.59 Å². The number of Topliss-reactive ketones (excluding diaryl/α,β-unsaturated/α-hetero) is 1. The van der Waals surface area contributed by atoms with Crippen LogP contribution >= 0.6 is 11.6 Å². The minimum atomic E-state index is -0.0133. The van der Waals surface area contributed by atoms with Gasteiger partial charge in [0, 0.05) is 49.1 Å². The van der Waals surface area contributed by atoms with Gasteiger partial charge in [-0.2, -0.15) is 0 Å². The molecule has 0 atom stereocenters. The Hall–Kier alpha value is -2.17. The number of rotatable bonds is 7. The zero-order valence-electron chi connectivity index (χ0n) is 17.3. The predicted octanol–water partition coefficient (Wildman–Crippen LogP) is 4.57. The van der Waals surface area contributed by atoms with Gasteiger partial charge in [0.1, 0.15) is 0 Å². The van der Waals surface area contributed by atoms with Crippen LogP contribution < -0.4 is 5.32 Å². The van der Waals surface area contributed by atoms with Gasteiger partial charge >= 0.3 is 0 Å². The molecule has 1 N–H and O–H groups in total. The highest BCUT2D eigenvalue weighted by Crippen LogP contribution is 2.23. The molecule has 0 radical (unpaired) electrons. The average Bonchev–Trinajstić information content (AvgIpc) is 3.23. The number of piperidine rings is 1. The molecule has 2 aliphatic rings. The van der Waals surface area contributed by atoms with Gasteiger partial charge in [-0.25, -0.2) is 0 Å². The maximum Gasteiger partial charge on any atom is 0.220 e. The van der Waals surface area contributed by atoms with Crippen LogP contribution in [0.4, 0.5) is 0 Å². The fraction of sp³-hybridized carbons (Fsp3) is 0.440. The first kappa shape index (κ1) is 21.1. The lowest BCUT2D eigenvalue weighted by molar-refractivity contribution is -0.122. The Bertz CT molecular complexity index is 902. The Morgan fingerprint density at radius 3 is 2.47 bits per heavy atom. The number of hydrogen-bond donors (Lipinski definition) is 1. The minimum absolute atomic E-state index is 0.0133. The first-order chi connectivity index (χ1) is 14.6. The average molecular weight is 425 g/mol. The Morgan fingerprint density at radius 1 is 0.967 bits per heavy atom. The fourth-order valence-electron chi connectivity index (χ4n) is 4.50. The van der Waals surface area contributed by atoms with Crippen LogP contribution in [0.2, 0.25) is 5.02 Å². The Balaban J connectivity index is 1.18. The summed E-state index contributed by atoms with van der Waals surface area (Å²) in [5, 5.41) is 3.88. The van der Waals surface area contributed by atoms with E-state index in [4.69, 9.17) is 11.6 Å². The van der Waals surface area contributed by atoms with Crippen molar-refractivity contribution in [2.75, 3.05) is 13.1 Å². The number of fused-ring (bicyclic) bond motifs is 1. The monoisotopic (exact) mass is 424 g/mol. The third kappa shape index (κ3) is 5.50. The SMILES string of the molecule is O=C(CCC(=O)c1ccc2c(c1)CCC2)NC1CCN(Cc2ccc(Cl)cc2)CC1. The van der Waals surface area contributed by atoms with Crippen molar-refractivity contribution in [2.24, 2.45) is 0 Å². The van der Waals surface area contributed by atoms with E-state index < -0.39 is 0 Å². The van der Waals surface area contributed by atoms with E-state index in [0.29, 0.717) is 0 Å². The molecule has 2 aromatic carbocycles. The smallest absolute Gasteiger partial charge is 0.220 e. The third-order valence-corrected chi connectivity index (χ3v) is 6.52. The zero-order valence-corrected chi connectivity index (χ0v) is 18.1. The van der Waals surface area contributed by atoms with Crippen molar-refractivity contribution >= 4 is 23.3 Å². The molecule has 1 aliphatic carbocycles. The van der Waals surface area contributed by atoms with Crippen molar-refractivity contribution in [3.8, 4) is 0 Å².